The monoisotopic (exact) mass is 440 g/mol. The number of nitro groups is 1. The summed E-state index contributed by atoms with van der Waals surface area (Å²) in [5.74, 6) is -0.114. The van der Waals surface area contributed by atoms with Crippen LogP contribution in [0.1, 0.15) is 49.4 Å². The van der Waals surface area contributed by atoms with Gasteiger partial charge in [0.2, 0.25) is 0 Å². The zero-order chi connectivity index (χ0) is 23.8. The number of hydrogen-bond acceptors (Lipinski definition) is 3. The van der Waals surface area contributed by atoms with Crippen LogP contribution in [-0.2, 0) is 10.2 Å². The molecule has 3 aromatic carbocycles. The number of hydrogen-bond donors (Lipinski definition) is 0. The quantitative estimate of drug-likeness (QED) is 0.266. The van der Waals surface area contributed by atoms with Crippen molar-refractivity contribution in [1.82, 2.24) is 0 Å². The maximum atomic E-state index is 13.4. The Morgan fingerprint density at radius 1 is 0.970 bits per heavy atom. The van der Waals surface area contributed by atoms with Gasteiger partial charge in [-0.1, -0.05) is 55.0 Å². The summed E-state index contributed by atoms with van der Waals surface area (Å²) in [5.41, 5.74) is 4.61. The van der Waals surface area contributed by atoms with E-state index in [0.717, 1.165) is 23.2 Å². The summed E-state index contributed by atoms with van der Waals surface area (Å²) < 4.78 is 0. The first-order valence-corrected chi connectivity index (χ1v) is 11.1. The third kappa shape index (κ3) is 4.19. The SMILES string of the molecule is Cc1ccc(C2(C)CC(C)(C)N(C(=O)C=Cc3ccc([N+](=O)[O-])cc3)c3ccccc32)cc1. The Morgan fingerprint density at radius 3 is 2.24 bits per heavy atom. The van der Waals surface area contributed by atoms with Gasteiger partial charge in [0.05, 0.1) is 4.92 Å². The van der Waals surface area contributed by atoms with Gasteiger partial charge in [0.15, 0.2) is 0 Å². The van der Waals surface area contributed by atoms with Crippen molar-refractivity contribution in [2.24, 2.45) is 0 Å². The minimum Gasteiger partial charge on any atom is -0.303 e. The van der Waals surface area contributed by atoms with E-state index in [0.29, 0.717) is 0 Å². The first-order chi connectivity index (χ1) is 15.6. The second kappa shape index (κ2) is 8.32. The second-order valence-electron chi connectivity index (χ2n) is 9.56. The van der Waals surface area contributed by atoms with E-state index in [-0.39, 0.29) is 17.0 Å². The van der Waals surface area contributed by atoms with E-state index >= 15 is 0 Å². The molecule has 1 aliphatic heterocycles. The number of non-ortho nitro benzene ring substituents is 1. The van der Waals surface area contributed by atoms with E-state index in [1.54, 1.807) is 24.3 Å². The number of para-hydroxylation sites is 1. The highest BCUT2D eigenvalue weighted by molar-refractivity contribution is 6.06. The first kappa shape index (κ1) is 22.5. The summed E-state index contributed by atoms with van der Waals surface area (Å²) in [6, 6.07) is 23.0. The molecule has 0 aliphatic carbocycles. The molecule has 5 nitrogen and oxygen atoms in total. The standard InChI is InChI=1S/C28H28N2O3/c1-20-9-14-22(15-10-20)28(4)19-27(2,3)29(25-8-6-5-7-24(25)28)26(31)18-13-21-11-16-23(17-12-21)30(32)33/h5-18H,19H2,1-4H3. The molecule has 0 N–H and O–H groups in total. The fourth-order valence-corrected chi connectivity index (χ4v) is 5.05. The molecule has 1 unspecified atom stereocenters. The molecule has 1 amide bonds. The number of carbonyl (C=O) groups excluding carboxylic acids is 1. The zero-order valence-electron chi connectivity index (χ0n) is 19.4. The smallest absolute Gasteiger partial charge is 0.269 e. The summed E-state index contributed by atoms with van der Waals surface area (Å²) in [5, 5.41) is 10.9. The average molecular weight is 441 g/mol. The van der Waals surface area contributed by atoms with Crippen LogP contribution in [0.2, 0.25) is 0 Å². The summed E-state index contributed by atoms with van der Waals surface area (Å²) >= 11 is 0. The molecule has 1 atom stereocenters. The summed E-state index contributed by atoms with van der Waals surface area (Å²) in [4.78, 5) is 25.8. The number of amides is 1. The van der Waals surface area contributed by atoms with Gasteiger partial charge in [-0.25, -0.2) is 0 Å². The van der Waals surface area contributed by atoms with Crippen LogP contribution in [0.25, 0.3) is 6.08 Å². The van der Waals surface area contributed by atoms with Crippen molar-refractivity contribution < 1.29 is 9.72 Å². The van der Waals surface area contributed by atoms with Crippen molar-refractivity contribution in [2.45, 2.75) is 45.1 Å². The minimum absolute atomic E-state index is 0.0277. The maximum absolute atomic E-state index is 13.4. The Hall–Kier alpha value is -3.73. The highest BCUT2D eigenvalue weighted by Gasteiger charge is 2.47. The van der Waals surface area contributed by atoms with Crippen LogP contribution in [0.5, 0.6) is 0 Å². The van der Waals surface area contributed by atoms with Crippen LogP contribution in [0.4, 0.5) is 11.4 Å². The molecule has 0 bridgehead atoms. The van der Waals surface area contributed by atoms with Gasteiger partial charge in [-0.3, -0.25) is 14.9 Å². The fraction of sp³-hybridized carbons (Fsp3) is 0.250. The molecule has 1 heterocycles. The molecular formula is C28H28N2O3. The van der Waals surface area contributed by atoms with Crippen molar-refractivity contribution in [3.63, 3.8) is 0 Å². The topological polar surface area (TPSA) is 63.5 Å². The van der Waals surface area contributed by atoms with Crippen molar-refractivity contribution in [3.8, 4) is 0 Å². The van der Waals surface area contributed by atoms with E-state index in [1.807, 2.05) is 23.1 Å². The lowest BCUT2D eigenvalue weighted by Crippen LogP contribution is -2.55. The Labute approximate surface area is 194 Å². The van der Waals surface area contributed by atoms with E-state index in [1.165, 1.54) is 23.3 Å². The molecule has 4 rings (SSSR count). The molecular weight excluding hydrogens is 412 g/mol. The van der Waals surface area contributed by atoms with E-state index in [2.05, 4.69) is 58.0 Å². The molecule has 0 fully saturated rings. The number of benzene rings is 3. The van der Waals surface area contributed by atoms with Crippen LogP contribution < -0.4 is 4.90 Å². The molecule has 33 heavy (non-hydrogen) atoms. The predicted octanol–water partition coefficient (Wildman–Crippen LogP) is 6.44. The highest BCUT2D eigenvalue weighted by atomic mass is 16.6. The van der Waals surface area contributed by atoms with Crippen molar-refractivity contribution >= 4 is 23.4 Å². The van der Waals surface area contributed by atoms with Crippen molar-refractivity contribution in [1.29, 1.82) is 0 Å². The van der Waals surface area contributed by atoms with Gasteiger partial charge >= 0.3 is 0 Å². The Balaban J connectivity index is 1.71. The highest BCUT2D eigenvalue weighted by Crippen LogP contribution is 2.50. The van der Waals surface area contributed by atoms with Gasteiger partial charge in [-0.05, 0) is 68.2 Å². The van der Waals surface area contributed by atoms with Crippen LogP contribution in [0.3, 0.4) is 0 Å². The molecule has 0 spiro atoms. The van der Waals surface area contributed by atoms with Crippen molar-refractivity contribution in [3.05, 3.63) is 111 Å². The lowest BCUT2D eigenvalue weighted by molar-refractivity contribution is -0.384. The molecule has 168 valence electrons. The number of nitrogens with zero attached hydrogens (tertiary/aromatic N) is 2. The van der Waals surface area contributed by atoms with Gasteiger partial charge in [-0.2, -0.15) is 0 Å². The van der Waals surface area contributed by atoms with Gasteiger partial charge in [0.1, 0.15) is 0 Å². The van der Waals surface area contributed by atoms with E-state index < -0.39 is 10.5 Å². The summed E-state index contributed by atoms with van der Waals surface area (Å²) in [6.07, 6.45) is 4.03. The lowest BCUT2D eigenvalue weighted by atomic mass is 9.65. The first-order valence-electron chi connectivity index (χ1n) is 11.1. The molecule has 0 saturated heterocycles. The molecule has 0 aromatic heterocycles. The maximum Gasteiger partial charge on any atom is 0.269 e. The number of rotatable bonds is 4. The van der Waals surface area contributed by atoms with Crippen LogP contribution in [0, 0.1) is 17.0 Å². The van der Waals surface area contributed by atoms with Gasteiger partial charge in [-0.15, -0.1) is 0 Å². The number of anilines is 1. The minimum atomic E-state index is -0.434. The van der Waals surface area contributed by atoms with Gasteiger partial charge in [0.25, 0.3) is 11.6 Å². The number of fused-ring (bicyclic) bond motifs is 1. The van der Waals surface area contributed by atoms with Crippen molar-refractivity contribution in [2.75, 3.05) is 4.90 Å². The van der Waals surface area contributed by atoms with Gasteiger partial charge in [0, 0.05) is 34.9 Å². The number of aryl methyl sites for hydroxylation is 1. The summed E-state index contributed by atoms with van der Waals surface area (Å²) in [6.45, 7) is 8.55. The molecule has 5 heteroatoms. The summed E-state index contributed by atoms with van der Waals surface area (Å²) in [7, 11) is 0. The Morgan fingerprint density at radius 2 is 1.61 bits per heavy atom. The third-order valence-electron chi connectivity index (χ3n) is 6.56. The normalized spacial score (nSPS) is 19.3. The molecule has 0 saturated carbocycles. The number of carbonyl (C=O) groups is 1. The molecule has 3 aromatic rings. The largest absolute Gasteiger partial charge is 0.303 e. The zero-order valence-corrected chi connectivity index (χ0v) is 19.4. The van der Waals surface area contributed by atoms with Gasteiger partial charge < -0.3 is 4.90 Å². The average Bonchev–Trinajstić information content (AvgIpc) is 2.77. The molecule has 0 radical (unpaired) electrons. The third-order valence-corrected chi connectivity index (χ3v) is 6.56. The lowest BCUT2D eigenvalue weighted by Gasteiger charge is -2.51. The van der Waals surface area contributed by atoms with Crippen LogP contribution >= 0.6 is 0 Å². The van der Waals surface area contributed by atoms with Crippen LogP contribution in [0.15, 0.2) is 78.9 Å². The predicted molar refractivity (Wildman–Crippen MR) is 132 cm³/mol. The molecule has 1 aliphatic rings. The second-order valence-corrected chi connectivity index (χ2v) is 9.56. The Kier molecular flexibility index (Phi) is 5.66. The van der Waals surface area contributed by atoms with E-state index in [9.17, 15) is 14.9 Å². The fourth-order valence-electron chi connectivity index (χ4n) is 5.05. The van der Waals surface area contributed by atoms with E-state index in [4.69, 9.17) is 0 Å². The van der Waals surface area contributed by atoms with Crippen LogP contribution in [-0.4, -0.2) is 16.4 Å². The Bertz CT molecular complexity index is 1230. The number of nitro benzene ring substituents is 1.